The van der Waals surface area contributed by atoms with Crippen LogP contribution in [0.4, 0.5) is 5.82 Å². The van der Waals surface area contributed by atoms with Gasteiger partial charge in [-0.05, 0) is 24.3 Å². The number of sulfone groups is 1. The van der Waals surface area contributed by atoms with Crippen molar-refractivity contribution < 1.29 is 18.0 Å². The van der Waals surface area contributed by atoms with E-state index >= 15 is 0 Å². The van der Waals surface area contributed by atoms with Gasteiger partial charge < -0.3 is 10.2 Å². The Morgan fingerprint density at radius 1 is 1.24 bits per heavy atom. The summed E-state index contributed by atoms with van der Waals surface area (Å²) in [6.07, 6.45) is 1.57. The molecular formula is C17H15N3O4S. The monoisotopic (exact) mass is 357 g/mol. The highest BCUT2D eigenvalue weighted by Gasteiger charge is 2.45. The standard InChI is InChI=1S/C17H15N3O4S/c1-20-15(17(21)19-14-8-4-5-9-18-14)12-10-25(22,23)13-7-3-2-6-11(13)16(12)24-20/h2-9,15H,10H2,1H3,(H,18,19,21). The quantitative estimate of drug-likeness (QED) is 0.875. The van der Waals surface area contributed by atoms with Crippen molar-refractivity contribution in [2.45, 2.75) is 10.9 Å². The van der Waals surface area contributed by atoms with E-state index in [2.05, 4.69) is 10.3 Å². The molecule has 0 spiro atoms. The second-order valence-electron chi connectivity index (χ2n) is 5.85. The van der Waals surface area contributed by atoms with Crippen LogP contribution in [0.25, 0.3) is 5.76 Å². The highest BCUT2D eigenvalue weighted by Crippen LogP contribution is 2.41. The number of fused-ring (bicyclic) bond motifs is 2. The summed E-state index contributed by atoms with van der Waals surface area (Å²) < 4.78 is 25.2. The fraction of sp³-hybridized carbons (Fsp3) is 0.176. The first-order chi connectivity index (χ1) is 12.0. The van der Waals surface area contributed by atoms with Crippen molar-refractivity contribution in [2.75, 3.05) is 18.1 Å². The molecule has 2 aromatic rings. The summed E-state index contributed by atoms with van der Waals surface area (Å²) in [6.45, 7) is 0. The molecule has 25 heavy (non-hydrogen) atoms. The normalized spacial score (nSPS) is 21.2. The first-order valence-corrected chi connectivity index (χ1v) is 9.30. The Balaban J connectivity index is 1.74. The summed E-state index contributed by atoms with van der Waals surface area (Å²) >= 11 is 0. The van der Waals surface area contributed by atoms with Crippen LogP contribution in [0.5, 0.6) is 0 Å². The maximum absolute atomic E-state index is 12.7. The minimum absolute atomic E-state index is 0.230. The van der Waals surface area contributed by atoms with E-state index in [1.807, 2.05) is 0 Å². The van der Waals surface area contributed by atoms with E-state index < -0.39 is 15.9 Å². The van der Waals surface area contributed by atoms with Crippen LogP contribution in [0.1, 0.15) is 5.56 Å². The summed E-state index contributed by atoms with van der Waals surface area (Å²) in [5.41, 5.74) is 0.929. The average Bonchev–Trinajstić information content (AvgIpc) is 2.91. The maximum Gasteiger partial charge on any atom is 0.250 e. The molecule has 0 fully saturated rings. The molecular weight excluding hydrogens is 342 g/mol. The van der Waals surface area contributed by atoms with Crippen LogP contribution in [0.3, 0.4) is 0 Å². The Morgan fingerprint density at radius 2 is 2.00 bits per heavy atom. The van der Waals surface area contributed by atoms with Gasteiger partial charge in [-0.25, -0.2) is 13.4 Å². The molecule has 0 aliphatic carbocycles. The topological polar surface area (TPSA) is 88.6 Å². The minimum Gasteiger partial charge on any atom is -0.404 e. The zero-order valence-corrected chi connectivity index (χ0v) is 14.2. The lowest BCUT2D eigenvalue weighted by molar-refractivity contribution is -0.131. The molecule has 1 N–H and O–H groups in total. The van der Waals surface area contributed by atoms with Gasteiger partial charge in [0.25, 0.3) is 5.91 Å². The Labute approximate surface area is 144 Å². The molecule has 3 heterocycles. The Hall–Kier alpha value is -2.71. The number of nitrogens with zero attached hydrogens (tertiary/aromatic N) is 2. The van der Waals surface area contributed by atoms with Crippen LogP contribution < -0.4 is 5.32 Å². The smallest absolute Gasteiger partial charge is 0.250 e. The van der Waals surface area contributed by atoms with Crippen LogP contribution >= 0.6 is 0 Å². The number of rotatable bonds is 2. The van der Waals surface area contributed by atoms with E-state index in [1.165, 1.54) is 5.06 Å². The van der Waals surface area contributed by atoms with E-state index in [0.717, 1.165) is 0 Å². The van der Waals surface area contributed by atoms with Crippen molar-refractivity contribution in [3.05, 3.63) is 59.8 Å². The molecule has 7 nitrogen and oxygen atoms in total. The highest BCUT2D eigenvalue weighted by molar-refractivity contribution is 7.91. The Morgan fingerprint density at radius 3 is 2.76 bits per heavy atom. The number of pyridine rings is 1. The summed E-state index contributed by atoms with van der Waals surface area (Å²) in [6, 6.07) is 11.0. The third-order valence-electron chi connectivity index (χ3n) is 4.20. The highest BCUT2D eigenvalue weighted by atomic mass is 32.2. The summed E-state index contributed by atoms with van der Waals surface area (Å²) in [5, 5.41) is 4.07. The third kappa shape index (κ3) is 2.59. The largest absolute Gasteiger partial charge is 0.404 e. The molecule has 8 heteroatoms. The van der Waals surface area contributed by atoms with E-state index in [0.29, 0.717) is 22.7 Å². The second-order valence-corrected chi connectivity index (χ2v) is 7.81. The first-order valence-electron chi connectivity index (χ1n) is 7.65. The van der Waals surface area contributed by atoms with Crippen molar-refractivity contribution in [3.63, 3.8) is 0 Å². The van der Waals surface area contributed by atoms with Crippen molar-refractivity contribution in [1.82, 2.24) is 10.0 Å². The van der Waals surface area contributed by atoms with Gasteiger partial charge in [-0.1, -0.05) is 18.2 Å². The van der Waals surface area contributed by atoms with Gasteiger partial charge in [0.15, 0.2) is 21.6 Å². The molecule has 0 saturated carbocycles. The average molecular weight is 357 g/mol. The minimum atomic E-state index is -3.52. The molecule has 1 amide bonds. The number of hydroxylamine groups is 2. The number of carbonyl (C=O) groups excluding carboxylic acids is 1. The van der Waals surface area contributed by atoms with Crippen molar-refractivity contribution in [1.29, 1.82) is 0 Å². The molecule has 1 aromatic carbocycles. The summed E-state index contributed by atoms with van der Waals surface area (Å²) in [7, 11) is -1.91. The molecule has 1 atom stereocenters. The van der Waals surface area contributed by atoms with E-state index in [9.17, 15) is 13.2 Å². The molecule has 0 saturated heterocycles. The van der Waals surface area contributed by atoms with Crippen molar-refractivity contribution in [3.8, 4) is 0 Å². The zero-order chi connectivity index (χ0) is 17.6. The Kier molecular flexibility index (Phi) is 3.59. The molecule has 4 rings (SSSR count). The zero-order valence-electron chi connectivity index (χ0n) is 13.3. The maximum atomic E-state index is 12.7. The lowest BCUT2D eigenvalue weighted by atomic mass is 10.0. The van der Waals surface area contributed by atoms with Gasteiger partial charge in [0, 0.05) is 24.4 Å². The number of likely N-dealkylation sites (N-methyl/N-ethyl adjacent to an activating group) is 1. The SMILES string of the molecule is CN1OC2=C(CS(=O)(=O)c3ccccc32)C1C(=O)Nc1ccccn1. The van der Waals surface area contributed by atoms with E-state index in [1.54, 1.807) is 55.7 Å². The van der Waals surface area contributed by atoms with Crippen molar-refractivity contribution >= 4 is 27.3 Å². The number of nitrogens with one attached hydrogen (secondary N) is 1. The van der Waals surface area contributed by atoms with Crippen LogP contribution in [0.15, 0.2) is 59.1 Å². The van der Waals surface area contributed by atoms with Gasteiger partial charge in [0.05, 0.1) is 10.6 Å². The van der Waals surface area contributed by atoms with Gasteiger partial charge >= 0.3 is 0 Å². The predicted octanol–water partition coefficient (Wildman–Crippen LogP) is 1.46. The predicted molar refractivity (Wildman–Crippen MR) is 90.9 cm³/mol. The molecule has 2 aliphatic rings. The van der Waals surface area contributed by atoms with Gasteiger partial charge in [0.1, 0.15) is 5.82 Å². The number of hydrogen-bond donors (Lipinski definition) is 1. The lowest BCUT2D eigenvalue weighted by Gasteiger charge is -2.19. The van der Waals surface area contributed by atoms with Gasteiger partial charge in [-0.3, -0.25) is 4.79 Å². The Bertz CT molecular complexity index is 986. The summed E-state index contributed by atoms with van der Waals surface area (Å²) in [5.74, 6) is 0.202. The van der Waals surface area contributed by atoms with Crippen LogP contribution in [-0.4, -0.2) is 43.2 Å². The van der Waals surface area contributed by atoms with Crippen LogP contribution in [0, 0.1) is 0 Å². The lowest BCUT2D eigenvalue weighted by Crippen LogP contribution is -2.40. The van der Waals surface area contributed by atoms with Crippen LogP contribution in [-0.2, 0) is 19.5 Å². The van der Waals surface area contributed by atoms with E-state index in [4.69, 9.17) is 4.84 Å². The number of amides is 1. The molecule has 1 aromatic heterocycles. The molecule has 0 bridgehead atoms. The fourth-order valence-corrected chi connectivity index (χ4v) is 4.76. The molecule has 1 unspecified atom stereocenters. The van der Waals surface area contributed by atoms with Gasteiger partial charge in [-0.15, -0.1) is 5.06 Å². The number of aromatic nitrogens is 1. The van der Waals surface area contributed by atoms with Gasteiger partial charge in [-0.2, -0.15) is 0 Å². The van der Waals surface area contributed by atoms with Crippen LogP contribution in [0.2, 0.25) is 0 Å². The number of hydrogen-bond acceptors (Lipinski definition) is 6. The number of benzene rings is 1. The number of carbonyl (C=O) groups is 1. The molecule has 2 aliphatic heterocycles. The van der Waals surface area contributed by atoms with Crippen molar-refractivity contribution in [2.24, 2.45) is 0 Å². The summed E-state index contributed by atoms with van der Waals surface area (Å²) in [4.78, 5) is 22.7. The van der Waals surface area contributed by atoms with Gasteiger partial charge in [0.2, 0.25) is 0 Å². The first kappa shape index (κ1) is 15.8. The second kappa shape index (κ2) is 5.68. The van der Waals surface area contributed by atoms with E-state index in [-0.39, 0.29) is 16.6 Å². The number of anilines is 1. The molecule has 0 radical (unpaired) electrons. The third-order valence-corrected chi connectivity index (χ3v) is 5.91. The molecule has 128 valence electrons. The fourth-order valence-electron chi connectivity index (χ4n) is 3.13.